The van der Waals surface area contributed by atoms with Gasteiger partial charge < -0.3 is 0 Å². The van der Waals surface area contributed by atoms with Crippen LogP contribution in [0.4, 0.5) is 0 Å². The molecule has 0 radical (unpaired) electrons. The number of nitrogens with one attached hydrogen (secondary N) is 1. The number of nitrogens with two attached hydrogens (primary N) is 1. The molecule has 5 heteroatoms. The first-order valence-corrected chi connectivity index (χ1v) is 7.79. The average molecular weight is 338 g/mol. The van der Waals surface area contributed by atoms with Crippen molar-refractivity contribution in [1.29, 1.82) is 0 Å². The summed E-state index contributed by atoms with van der Waals surface area (Å²) in [6.45, 7) is 0. The van der Waals surface area contributed by atoms with Crippen molar-refractivity contribution in [2.75, 3.05) is 5.75 Å². The van der Waals surface area contributed by atoms with Crippen LogP contribution in [0.1, 0.15) is 5.56 Å². The molecular formula is C14H16BrN3S. The molecule has 0 aliphatic carbocycles. The van der Waals surface area contributed by atoms with Gasteiger partial charge in [0.25, 0.3) is 0 Å². The third-order valence-electron chi connectivity index (χ3n) is 2.71. The van der Waals surface area contributed by atoms with Gasteiger partial charge in [0.15, 0.2) is 0 Å². The van der Waals surface area contributed by atoms with E-state index in [4.69, 9.17) is 5.84 Å². The van der Waals surface area contributed by atoms with Crippen LogP contribution in [0, 0.1) is 0 Å². The van der Waals surface area contributed by atoms with Crippen LogP contribution in [0.25, 0.3) is 0 Å². The number of hydrazine groups is 1. The monoisotopic (exact) mass is 337 g/mol. The SMILES string of the molecule is NNC(CSc1ccc(Br)cc1)Cc1cccnc1. The highest BCUT2D eigenvalue weighted by molar-refractivity contribution is 9.10. The maximum atomic E-state index is 5.62. The zero-order chi connectivity index (χ0) is 13.5. The molecule has 3 nitrogen and oxygen atoms in total. The highest BCUT2D eigenvalue weighted by Gasteiger charge is 2.08. The van der Waals surface area contributed by atoms with Crippen molar-refractivity contribution in [2.24, 2.45) is 5.84 Å². The van der Waals surface area contributed by atoms with Crippen LogP contribution in [0.15, 0.2) is 58.2 Å². The number of hydrogen-bond donors (Lipinski definition) is 2. The lowest BCUT2D eigenvalue weighted by atomic mass is 10.1. The van der Waals surface area contributed by atoms with E-state index in [9.17, 15) is 0 Å². The van der Waals surface area contributed by atoms with E-state index in [1.165, 1.54) is 10.5 Å². The predicted octanol–water partition coefficient (Wildman–Crippen LogP) is 3.01. The molecule has 0 saturated carbocycles. The Morgan fingerprint density at radius 1 is 1.26 bits per heavy atom. The number of thioether (sulfide) groups is 1. The van der Waals surface area contributed by atoms with Crippen LogP contribution < -0.4 is 11.3 Å². The Balaban J connectivity index is 1.87. The average Bonchev–Trinajstić information content (AvgIpc) is 2.46. The molecule has 0 fully saturated rings. The Morgan fingerprint density at radius 2 is 2.05 bits per heavy atom. The molecule has 0 bridgehead atoms. The van der Waals surface area contributed by atoms with Gasteiger partial charge in [0, 0.05) is 33.6 Å². The lowest BCUT2D eigenvalue weighted by Crippen LogP contribution is -2.38. The largest absolute Gasteiger partial charge is 0.271 e. The second-order valence-corrected chi connectivity index (χ2v) is 6.20. The van der Waals surface area contributed by atoms with Gasteiger partial charge in [0.05, 0.1) is 0 Å². The molecule has 100 valence electrons. The van der Waals surface area contributed by atoms with Crippen molar-refractivity contribution in [3.63, 3.8) is 0 Å². The molecule has 3 N–H and O–H groups in total. The van der Waals surface area contributed by atoms with Gasteiger partial charge in [-0.05, 0) is 42.3 Å². The summed E-state index contributed by atoms with van der Waals surface area (Å²) in [6, 6.07) is 12.6. The second-order valence-electron chi connectivity index (χ2n) is 4.19. The fraction of sp³-hybridized carbons (Fsp3) is 0.214. The van der Waals surface area contributed by atoms with E-state index < -0.39 is 0 Å². The van der Waals surface area contributed by atoms with E-state index >= 15 is 0 Å². The smallest absolute Gasteiger partial charge is 0.0345 e. The third kappa shape index (κ3) is 4.95. The number of pyridine rings is 1. The molecule has 0 saturated heterocycles. The first-order valence-electron chi connectivity index (χ1n) is 6.01. The number of aromatic nitrogens is 1. The normalized spacial score (nSPS) is 12.3. The highest BCUT2D eigenvalue weighted by atomic mass is 79.9. The number of hydrogen-bond acceptors (Lipinski definition) is 4. The van der Waals surface area contributed by atoms with Crippen molar-refractivity contribution in [3.8, 4) is 0 Å². The maximum absolute atomic E-state index is 5.62. The molecule has 1 aromatic carbocycles. The molecule has 0 spiro atoms. The minimum Gasteiger partial charge on any atom is -0.271 e. The molecule has 1 unspecified atom stereocenters. The van der Waals surface area contributed by atoms with E-state index in [1.807, 2.05) is 24.4 Å². The summed E-state index contributed by atoms with van der Waals surface area (Å²) < 4.78 is 1.10. The molecule has 1 atom stereocenters. The summed E-state index contributed by atoms with van der Waals surface area (Å²) in [4.78, 5) is 5.36. The Morgan fingerprint density at radius 3 is 2.68 bits per heavy atom. The number of nitrogens with zero attached hydrogens (tertiary/aromatic N) is 1. The van der Waals surface area contributed by atoms with Crippen molar-refractivity contribution >= 4 is 27.7 Å². The van der Waals surface area contributed by atoms with E-state index in [1.54, 1.807) is 18.0 Å². The van der Waals surface area contributed by atoms with Gasteiger partial charge in [-0.2, -0.15) is 0 Å². The number of halogens is 1. The Hall–Kier alpha value is -0.880. The van der Waals surface area contributed by atoms with Gasteiger partial charge in [-0.3, -0.25) is 16.3 Å². The molecule has 1 aromatic heterocycles. The van der Waals surface area contributed by atoms with Gasteiger partial charge >= 0.3 is 0 Å². The zero-order valence-electron chi connectivity index (χ0n) is 10.4. The van der Waals surface area contributed by atoms with Crippen molar-refractivity contribution in [3.05, 3.63) is 58.8 Å². The molecule has 2 rings (SSSR count). The quantitative estimate of drug-likeness (QED) is 0.483. The van der Waals surface area contributed by atoms with Gasteiger partial charge in [-0.25, -0.2) is 0 Å². The highest BCUT2D eigenvalue weighted by Crippen LogP contribution is 2.21. The van der Waals surface area contributed by atoms with Crippen molar-refractivity contribution in [2.45, 2.75) is 17.4 Å². The van der Waals surface area contributed by atoms with Crippen LogP contribution in [0.2, 0.25) is 0 Å². The molecule has 19 heavy (non-hydrogen) atoms. The first-order chi connectivity index (χ1) is 9.28. The molecule has 1 heterocycles. The number of benzene rings is 1. The minimum atomic E-state index is 0.234. The molecule has 0 aliphatic heterocycles. The van der Waals surface area contributed by atoms with E-state index in [0.717, 1.165) is 16.6 Å². The van der Waals surface area contributed by atoms with Crippen LogP contribution in [0.3, 0.4) is 0 Å². The van der Waals surface area contributed by atoms with Gasteiger partial charge in [0.2, 0.25) is 0 Å². The van der Waals surface area contributed by atoms with Crippen LogP contribution in [-0.2, 0) is 6.42 Å². The van der Waals surface area contributed by atoms with Gasteiger partial charge in [0.1, 0.15) is 0 Å². The number of rotatable bonds is 6. The van der Waals surface area contributed by atoms with Crippen LogP contribution >= 0.6 is 27.7 Å². The summed E-state index contributed by atoms with van der Waals surface area (Å²) in [7, 11) is 0. The topological polar surface area (TPSA) is 50.9 Å². The molecule has 0 aliphatic rings. The first kappa shape index (κ1) is 14.5. The lowest BCUT2D eigenvalue weighted by molar-refractivity contribution is 0.575. The van der Waals surface area contributed by atoms with Crippen molar-refractivity contribution in [1.82, 2.24) is 10.4 Å². The zero-order valence-corrected chi connectivity index (χ0v) is 12.8. The molecular weight excluding hydrogens is 322 g/mol. The van der Waals surface area contributed by atoms with Gasteiger partial charge in [-0.15, -0.1) is 11.8 Å². The lowest BCUT2D eigenvalue weighted by Gasteiger charge is -2.15. The fourth-order valence-electron chi connectivity index (χ4n) is 1.70. The standard InChI is InChI=1S/C14H16BrN3S/c15-12-3-5-14(6-4-12)19-10-13(18-16)8-11-2-1-7-17-9-11/h1-7,9,13,18H,8,10,16H2. The molecule has 0 amide bonds. The minimum absolute atomic E-state index is 0.234. The summed E-state index contributed by atoms with van der Waals surface area (Å²) in [5, 5.41) is 0. The summed E-state index contributed by atoms with van der Waals surface area (Å²) in [5.74, 6) is 6.54. The van der Waals surface area contributed by atoms with Crippen LogP contribution in [-0.4, -0.2) is 16.8 Å². The van der Waals surface area contributed by atoms with E-state index in [2.05, 4.69) is 44.5 Å². The Labute approximate surface area is 126 Å². The fourth-order valence-corrected chi connectivity index (χ4v) is 2.90. The summed E-state index contributed by atoms with van der Waals surface area (Å²) in [6.07, 6.45) is 4.55. The second kappa shape index (κ2) is 7.65. The van der Waals surface area contributed by atoms with Gasteiger partial charge in [-0.1, -0.05) is 22.0 Å². The predicted molar refractivity (Wildman–Crippen MR) is 83.9 cm³/mol. The Kier molecular flexibility index (Phi) is 5.85. The third-order valence-corrected chi connectivity index (χ3v) is 4.41. The molecule has 2 aromatic rings. The maximum Gasteiger partial charge on any atom is 0.0345 e. The van der Waals surface area contributed by atoms with Crippen LogP contribution in [0.5, 0.6) is 0 Å². The van der Waals surface area contributed by atoms with E-state index in [-0.39, 0.29) is 6.04 Å². The summed E-state index contributed by atoms with van der Waals surface area (Å²) in [5.41, 5.74) is 4.07. The van der Waals surface area contributed by atoms with E-state index in [0.29, 0.717) is 0 Å². The Bertz CT molecular complexity index is 490. The summed E-state index contributed by atoms with van der Waals surface area (Å²) >= 11 is 5.23. The van der Waals surface area contributed by atoms with Crippen molar-refractivity contribution < 1.29 is 0 Å².